The van der Waals surface area contributed by atoms with Gasteiger partial charge in [0.1, 0.15) is 5.69 Å². The molecule has 122 valence electrons. The Labute approximate surface area is 145 Å². The summed E-state index contributed by atoms with van der Waals surface area (Å²) in [5.41, 5.74) is -0.143. The zero-order valence-electron chi connectivity index (χ0n) is 12.5. The second-order valence-corrected chi connectivity index (χ2v) is 7.97. The Bertz CT molecular complexity index is 815. The molecule has 1 saturated heterocycles. The molecule has 2 bridgehead atoms. The van der Waals surface area contributed by atoms with Crippen LogP contribution in [0, 0.1) is 45.6 Å². The van der Waals surface area contributed by atoms with Crippen molar-refractivity contribution in [2.45, 2.75) is 6.42 Å². The number of nitro groups is 1. The van der Waals surface area contributed by atoms with Crippen molar-refractivity contribution in [3.05, 3.63) is 44.9 Å². The molecule has 24 heavy (non-hydrogen) atoms. The van der Waals surface area contributed by atoms with Gasteiger partial charge in [0.15, 0.2) is 0 Å². The Morgan fingerprint density at radius 3 is 2.21 bits per heavy atom. The van der Waals surface area contributed by atoms with Crippen molar-refractivity contribution in [3.63, 3.8) is 0 Å². The first-order chi connectivity index (χ1) is 11.5. The van der Waals surface area contributed by atoms with Crippen molar-refractivity contribution in [1.82, 2.24) is 0 Å². The summed E-state index contributed by atoms with van der Waals surface area (Å²) in [6.45, 7) is 0. The van der Waals surface area contributed by atoms with E-state index >= 15 is 0 Å². The van der Waals surface area contributed by atoms with Gasteiger partial charge in [-0.3, -0.25) is 19.7 Å². The van der Waals surface area contributed by atoms with Crippen LogP contribution < -0.4 is 4.90 Å². The number of hydrogen-bond acceptors (Lipinski definition) is 4. The average Bonchev–Trinajstić information content (AvgIpc) is 3.33. The van der Waals surface area contributed by atoms with E-state index in [1.54, 1.807) is 6.07 Å². The van der Waals surface area contributed by atoms with E-state index in [9.17, 15) is 19.7 Å². The predicted molar refractivity (Wildman–Crippen MR) is 88.0 cm³/mol. The Balaban J connectivity index is 1.61. The molecule has 0 aromatic heterocycles. The number of rotatable bonds is 2. The minimum atomic E-state index is -0.549. The molecule has 0 spiro atoms. The Morgan fingerprint density at radius 1 is 1.08 bits per heavy atom. The second kappa shape index (κ2) is 4.53. The quantitative estimate of drug-likeness (QED) is 0.337. The highest BCUT2D eigenvalue weighted by Gasteiger charge is 2.67. The van der Waals surface area contributed by atoms with Crippen molar-refractivity contribution >= 4 is 39.1 Å². The number of nitro benzene ring substituents is 1. The smallest absolute Gasteiger partial charge is 0.274 e. The van der Waals surface area contributed by atoms with Gasteiger partial charge in [-0.2, -0.15) is 0 Å². The van der Waals surface area contributed by atoms with E-state index in [1.807, 2.05) is 0 Å². The number of halogens is 1. The van der Waals surface area contributed by atoms with E-state index in [4.69, 9.17) is 0 Å². The van der Waals surface area contributed by atoms with Crippen molar-refractivity contribution in [1.29, 1.82) is 0 Å². The summed E-state index contributed by atoms with van der Waals surface area (Å²) >= 11 is 3.20. The number of benzene rings is 1. The molecule has 2 saturated carbocycles. The summed E-state index contributed by atoms with van der Waals surface area (Å²) in [5.74, 6) is -0.00290. The minimum Gasteiger partial charge on any atom is -0.274 e. The number of anilines is 1. The Hall–Kier alpha value is -2.02. The minimum absolute atomic E-state index is 0.0840. The van der Waals surface area contributed by atoms with Gasteiger partial charge in [-0.05, 0) is 42.2 Å². The summed E-state index contributed by atoms with van der Waals surface area (Å²) in [7, 11) is 0. The maximum absolute atomic E-state index is 13.0. The molecule has 1 aromatic rings. The number of hydrogen-bond donors (Lipinski definition) is 0. The lowest BCUT2D eigenvalue weighted by Gasteiger charge is -2.37. The van der Waals surface area contributed by atoms with Crippen LogP contribution in [0.5, 0.6) is 0 Å². The normalized spacial score (nSPS) is 38.3. The second-order valence-electron chi connectivity index (χ2n) is 7.06. The highest BCUT2D eigenvalue weighted by atomic mass is 79.9. The van der Waals surface area contributed by atoms with Crippen LogP contribution in [0.3, 0.4) is 0 Å². The zero-order valence-corrected chi connectivity index (χ0v) is 14.0. The molecule has 0 radical (unpaired) electrons. The molecule has 5 aliphatic rings. The van der Waals surface area contributed by atoms with Gasteiger partial charge in [0.05, 0.1) is 16.8 Å². The van der Waals surface area contributed by atoms with Crippen LogP contribution in [-0.4, -0.2) is 16.7 Å². The van der Waals surface area contributed by atoms with Gasteiger partial charge in [0, 0.05) is 10.5 Å². The molecule has 1 heterocycles. The molecule has 7 heteroatoms. The van der Waals surface area contributed by atoms with Gasteiger partial charge in [-0.15, -0.1) is 0 Å². The first kappa shape index (κ1) is 14.3. The molecule has 3 fully saturated rings. The van der Waals surface area contributed by atoms with Crippen LogP contribution in [0.25, 0.3) is 0 Å². The van der Waals surface area contributed by atoms with Crippen LogP contribution in [-0.2, 0) is 9.59 Å². The lowest BCUT2D eigenvalue weighted by molar-refractivity contribution is -0.384. The third kappa shape index (κ3) is 1.65. The van der Waals surface area contributed by atoms with E-state index in [0.29, 0.717) is 16.3 Å². The molecule has 6 rings (SSSR count). The predicted octanol–water partition coefficient (Wildman–Crippen LogP) is 2.91. The summed E-state index contributed by atoms with van der Waals surface area (Å²) in [5, 5.41) is 11.4. The molecule has 0 unspecified atom stereocenters. The maximum atomic E-state index is 13.0. The van der Waals surface area contributed by atoms with Crippen LogP contribution in [0.2, 0.25) is 0 Å². The van der Waals surface area contributed by atoms with E-state index < -0.39 is 4.92 Å². The molecule has 6 nitrogen and oxygen atoms in total. The largest absolute Gasteiger partial charge is 0.294 e. The van der Waals surface area contributed by atoms with E-state index in [2.05, 4.69) is 28.1 Å². The Morgan fingerprint density at radius 2 is 1.67 bits per heavy atom. The van der Waals surface area contributed by atoms with Gasteiger partial charge in [0.2, 0.25) is 11.8 Å². The van der Waals surface area contributed by atoms with Crippen molar-refractivity contribution in [3.8, 4) is 0 Å². The van der Waals surface area contributed by atoms with Gasteiger partial charge < -0.3 is 0 Å². The van der Waals surface area contributed by atoms with Crippen molar-refractivity contribution < 1.29 is 14.5 Å². The summed E-state index contributed by atoms with van der Waals surface area (Å²) < 4.78 is 0.539. The van der Waals surface area contributed by atoms with Crippen molar-refractivity contribution in [2.75, 3.05) is 4.90 Å². The maximum Gasteiger partial charge on any atom is 0.294 e. The summed E-state index contributed by atoms with van der Waals surface area (Å²) in [6.07, 6.45) is 5.27. The van der Waals surface area contributed by atoms with Gasteiger partial charge >= 0.3 is 0 Å². The average molecular weight is 389 g/mol. The van der Waals surface area contributed by atoms with E-state index in [-0.39, 0.29) is 46.9 Å². The summed E-state index contributed by atoms with van der Waals surface area (Å²) in [4.78, 5) is 37.9. The molecule has 6 atom stereocenters. The van der Waals surface area contributed by atoms with E-state index in [1.165, 1.54) is 12.1 Å². The van der Waals surface area contributed by atoms with Crippen molar-refractivity contribution in [2.24, 2.45) is 35.5 Å². The molecule has 0 N–H and O–H groups in total. The highest BCUT2D eigenvalue weighted by molar-refractivity contribution is 9.10. The monoisotopic (exact) mass is 388 g/mol. The fraction of sp³-hybridized carbons (Fsp3) is 0.412. The molecular weight excluding hydrogens is 376 g/mol. The molecule has 1 aliphatic heterocycles. The Kier molecular flexibility index (Phi) is 2.71. The number of carbonyl (C=O) groups is 2. The van der Waals surface area contributed by atoms with Gasteiger partial charge in [0.25, 0.3) is 5.69 Å². The third-order valence-corrected chi connectivity index (χ3v) is 6.53. The van der Waals surface area contributed by atoms with Gasteiger partial charge in [-0.25, -0.2) is 4.90 Å². The fourth-order valence-corrected chi connectivity index (χ4v) is 5.38. The molecule has 1 aromatic carbocycles. The standard InChI is InChI=1S/C17H13BrN2O4/c18-7-1-4-12(13(5-7)20(23)24)19-16(21)14-8-2-3-9(11-6-10(8)11)15(14)17(19)22/h1-5,8-11,14-15H,6H2/t8-,9-,10-,11-,14+,15+/m0/s1. The fourth-order valence-electron chi connectivity index (χ4n) is 5.03. The van der Waals surface area contributed by atoms with E-state index in [0.717, 1.165) is 11.3 Å². The van der Waals surface area contributed by atoms with Crippen LogP contribution in [0.4, 0.5) is 11.4 Å². The number of amides is 2. The molecule has 4 aliphatic carbocycles. The number of allylic oxidation sites excluding steroid dienone is 2. The van der Waals surface area contributed by atoms with Crippen LogP contribution >= 0.6 is 15.9 Å². The lowest BCUT2D eigenvalue weighted by Crippen LogP contribution is -2.40. The van der Waals surface area contributed by atoms with Crippen LogP contribution in [0.15, 0.2) is 34.8 Å². The topological polar surface area (TPSA) is 80.5 Å². The molecular formula is C17H13BrN2O4. The molecule has 2 amide bonds. The number of carbonyl (C=O) groups excluding carboxylic acids is 2. The number of imide groups is 1. The summed E-state index contributed by atoms with van der Waals surface area (Å²) in [6, 6.07) is 4.43. The first-order valence-corrected chi connectivity index (χ1v) is 8.78. The van der Waals surface area contributed by atoms with Crippen LogP contribution in [0.1, 0.15) is 6.42 Å². The number of nitrogens with zero attached hydrogens (tertiary/aromatic N) is 2. The first-order valence-electron chi connectivity index (χ1n) is 7.99. The SMILES string of the molecule is O=C1[C@@H]2[C@H]3C=C[C@@H]([C@@H]4C[C@@H]34)[C@H]2C(=O)N1c1ccc(Br)cc1[N+](=O)[O-]. The third-order valence-electron chi connectivity index (χ3n) is 6.04. The zero-order chi connectivity index (χ0) is 16.7. The van der Waals surface area contributed by atoms with Gasteiger partial charge in [-0.1, -0.05) is 28.1 Å². The lowest BCUT2D eigenvalue weighted by atomic mass is 9.63. The highest BCUT2D eigenvalue weighted by Crippen LogP contribution is 2.65.